The van der Waals surface area contributed by atoms with Crippen LogP contribution in [-0.2, 0) is 14.3 Å². The number of rotatable bonds is 7. The maximum atomic E-state index is 12.8. The standard InChI is InChI=1S/C27H30N6O5.C20H23N7O2/c1-15-18-7-6-17(13-20(18)33(31-15)26(35)38-27(2,3)4)28-25-29-19-10-12-36-23(19)24(30-25)32-11-9-16-5-8-22(34)37-21(16)14-32;1-11-14-3-2-13(8-16(14)26-25-11)22-20-23-15-5-7-29-18(15)19(24-20)27-6-4-12(9-21)17(28)10-27/h6-7,10,12-13,16,21H,5,8-9,11,14H2,1-4H3,(H,28,29,30);2-3,5,7-8,12,17,28H,4,6,9-10,21H2,1H3,(H,25,26)(H,22,23,24)/t16-,21-;12-,17+/m10/s1. The number of nitrogens with zero attached hydrogens (tertiary/aromatic N) is 9. The Bertz CT molecular complexity index is 3130. The molecule has 67 heavy (non-hydrogen) atoms. The highest BCUT2D eigenvalue weighted by Crippen LogP contribution is 2.36. The number of anilines is 6. The summed E-state index contributed by atoms with van der Waals surface area (Å²) in [6.45, 7) is 12.3. The molecule has 4 atom stereocenters. The number of benzene rings is 2. The van der Waals surface area contributed by atoms with Crippen molar-refractivity contribution in [1.29, 1.82) is 0 Å². The molecule has 0 spiro atoms. The first kappa shape index (κ1) is 43.6. The maximum absolute atomic E-state index is 12.8. The number of aryl methyl sites for hydroxylation is 2. The first-order valence-electron chi connectivity index (χ1n) is 22.6. The van der Waals surface area contributed by atoms with E-state index in [9.17, 15) is 14.7 Å². The molecule has 0 aliphatic carbocycles. The number of carbonyl (C=O) groups excluding carboxylic acids is 2. The Labute approximate surface area is 384 Å². The average Bonchev–Trinajstić information content (AvgIpc) is 4.12. The number of nitrogens with two attached hydrogens (primary N) is 1. The highest BCUT2D eigenvalue weighted by molar-refractivity contribution is 5.93. The van der Waals surface area contributed by atoms with Crippen LogP contribution in [0.3, 0.4) is 0 Å². The lowest BCUT2D eigenvalue weighted by Crippen LogP contribution is -2.48. The minimum atomic E-state index is -0.645. The minimum absolute atomic E-state index is 0.113. The smallest absolute Gasteiger partial charge is 0.435 e. The number of fused-ring (bicyclic) bond motifs is 5. The van der Waals surface area contributed by atoms with E-state index in [0.717, 1.165) is 65.7 Å². The van der Waals surface area contributed by atoms with Gasteiger partial charge >= 0.3 is 12.1 Å². The van der Waals surface area contributed by atoms with Gasteiger partial charge in [0.15, 0.2) is 22.8 Å². The molecule has 0 bridgehead atoms. The molecule has 3 aliphatic heterocycles. The summed E-state index contributed by atoms with van der Waals surface area (Å²) in [6, 6.07) is 15.2. The topological polar surface area (TPSA) is 254 Å². The average molecular weight is 912 g/mol. The van der Waals surface area contributed by atoms with E-state index < -0.39 is 17.8 Å². The van der Waals surface area contributed by atoms with Crippen molar-refractivity contribution < 1.29 is 33.0 Å². The van der Waals surface area contributed by atoms with Gasteiger partial charge in [0, 0.05) is 71.9 Å². The molecule has 20 nitrogen and oxygen atoms in total. The van der Waals surface area contributed by atoms with Crippen LogP contribution in [0.2, 0.25) is 0 Å². The van der Waals surface area contributed by atoms with Crippen molar-refractivity contribution in [2.75, 3.05) is 53.2 Å². The molecule has 9 heterocycles. The second-order valence-corrected chi connectivity index (χ2v) is 18.4. The molecule has 3 aliphatic rings. The molecule has 8 aromatic rings. The number of β-amino-alcohol motifs (C(OH)–C–C–N with tert-alkyl or cyclic N) is 1. The first-order valence-corrected chi connectivity index (χ1v) is 22.6. The Morgan fingerprint density at radius 1 is 0.851 bits per heavy atom. The quantitative estimate of drug-likeness (QED) is 0.0988. The van der Waals surface area contributed by atoms with E-state index >= 15 is 0 Å². The van der Waals surface area contributed by atoms with Crippen molar-refractivity contribution in [3.05, 3.63) is 72.4 Å². The molecule has 20 heteroatoms. The molecule has 0 saturated carbocycles. The van der Waals surface area contributed by atoms with Crippen molar-refractivity contribution in [2.24, 2.45) is 17.6 Å². The van der Waals surface area contributed by atoms with Gasteiger partial charge in [-0.2, -0.15) is 24.8 Å². The molecule has 0 unspecified atom stereocenters. The maximum Gasteiger partial charge on any atom is 0.435 e. The van der Waals surface area contributed by atoms with Crippen LogP contribution in [-0.4, -0.2) is 108 Å². The number of nitrogens with one attached hydrogen (secondary N) is 3. The van der Waals surface area contributed by atoms with E-state index in [1.165, 1.54) is 4.68 Å². The Balaban J connectivity index is 0.000000162. The van der Waals surface area contributed by atoms with Gasteiger partial charge in [0.2, 0.25) is 11.9 Å². The predicted molar refractivity (Wildman–Crippen MR) is 252 cm³/mol. The third kappa shape index (κ3) is 8.88. The Morgan fingerprint density at radius 3 is 2.15 bits per heavy atom. The zero-order valence-electron chi connectivity index (χ0n) is 37.9. The number of aliphatic hydroxyl groups is 1. The van der Waals surface area contributed by atoms with Crippen LogP contribution in [0.4, 0.5) is 39.7 Å². The van der Waals surface area contributed by atoms with Gasteiger partial charge in [-0.25, -0.2) is 14.8 Å². The molecule has 3 fully saturated rings. The number of aromatic nitrogens is 8. The first-order chi connectivity index (χ1) is 32.3. The molecule has 2 aromatic carbocycles. The van der Waals surface area contributed by atoms with Gasteiger partial charge in [0.25, 0.3) is 0 Å². The fourth-order valence-electron chi connectivity index (χ4n) is 9.11. The number of hydrogen-bond donors (Lipinski definition) is 5. The van der Waals surface area contributed by atoms with E-state index in [0.29, 0.717) is 88.9 Å². The van der Waals surface area contributed by atoms with Crippen LogP contribution >= 0.6 is 0 Å². The van der Waals surface area contributed by atoms with E-state index in [1.54, 1.807) is 18.6 Å². The number of furan rings is 2. The zero-order valence-corrected chi connectivity index (χ0v) is 37.9. The zero-order chi connectivity index (χ0) is 46.6. The number of H-pyrrole nitrogens is 1. The summed E-state index contributed by atoms with van der Waals surface area (Å²) in [5.41, 5.74) is 12.5. The molecular weight excluding hydrogens is 859 g/mol. The summed E-state index contributed by atoms with van der Waals surface area (Å²) in [5, 5.41) is 30.6. The lowest BCUT2D eigenvalue weighted by molar-refractivity contribution is -0.158. The van der Waals surface area contributed by atoms with Crippen molar-refractivity contribution in [3.8, 4) is 0 Å². The van der Waals surface area contributed by atoms with Gasteiger partial charge in [-0.1, -0.05) is 0 Å². The fourth-order valence-corrected chi connectivity index (χ4v) is 9.11. The van der Waals surface area contributed by atoms with Crippen LogP contribution in [0, 0.1) is 25.7 Å². The summed E-state index contributed by atoms with van der Waals surface area (Å²) < 4.78 is 23.9. The number of ether oxygens (including phenoxy) is 2. The van der Waals surface area contributed by atoms with Crippen molar-refractivity contribution in [2.45, 2.75) is 78.1 Å². The molecule has 11 rings (SSSR count). The molecule has 6 N–H and O–H groups in total. The van der Waals surface area contributed by atoms with E-state index in [2.05, 4.69) is 40.8 Å². The summed E-state index contributed by atoms with van der Waals surface area (Å²) in [4.78, 5) is 47.5. The Kier molecular flexibility index (Phi) is 11.4. The van der Waals surface area contributed by atoms with Gasteiger partial charge in [-0.05, 0) is 103 Å². The highest BCUT2D eigenvalue weighted by atomic mass is 16.6. The van der Waals surface area contributed by atoms with E-state index in [-0.39, 0.29) is 18.0 Å². The Hall–Kier alpha value is -7.32. The molecule has 0 amide bonds. The van der Waals surface area contributed by atoms with Crippen LogP contribution in [0.5, 0.6) is 0 Å². The summed E-state index contributed by atoms with van der Waals surface area (Å²) in [7, 11) is 0. The lowest BCUT2D eigenvalue weighted by Gasteiger charge is -2.40. The summed E-state index contributed by atoms with van der Waals surface area (Å²) in [5.74, 6) is 2.53. The van der Waals surface area contributed by atoms with Crippen molar-refractivity contribution in [3.63, 3.8) is 0 Å². The second kappa shape index (κ2) is 17.5. The monoisotopic (exact) mass is 911 g/mol. The summed E-state index contributed by atoms with van der Waals surface area (Å²) >= 11 is 0. The van der Waals surface area contributed by atoms with Crippen LogP contribution in [0.15, 0.2) is 69.9 Å². The van der Waals surface area contributed by atoms with Crippen LogP contribution in [0.25, 0.3) is 44.0 Å². The van der Waals surface area contributed by atoms with E-state index in [4.69, 9.17) is 34.0 Å². The molecule has 348 valence electrons. The number of aliphatic hydroxyl groups excluding tert-OH is 1. The number of carbonyl (C=O) groups is 2. The van der Waals surface area contributed by atoms with Gasteiger partial charge in [-0.3, -0.25) is 9.89 Å². The lowest BCUT2D eigenvalue weighted by atomic mass is 9.87. The van der Waals surface area contributed by atoms with Crippen LogP contribution < -0.4 is 26.2 Å². The third-order valence-corrected chi connectivity index (χ3v) is 12.6. The number of piperidine rings is 2. The number of aromatic amines is 1. The van der Waals surface area contributed by atoms with Gasteiger partial charge in [-0.15, -0.1) is 0 Å². The number of hydrogen-bond acceptors (Lipinski definition) is 18. The van der Waals surface area contributed by atoms with Gasteiger partial charge in [0.1, 0.15) is 22.7 Å². The largest absolute Gasteiger partial charge is 0.460 e. The van der Waals surface area contributed by atoms with Crippen molar-refractivity contribution >= 4 is 91.0 Å². The predicted octanol–water partition coefficient (Wildman–Crippen LogP) is 7.24. The third-order valence-electron chi connectivity index (χ3n) is 12.6. The molecular formula is C47H53N13O7. The fraction of sp³-hybridized carbons (Fsp3) is 0.404. The SMILES string of the molecule is Cc1[nH]nc2cc(Nc3nc(N4CC[C@@H](CN)[C@H](O)C4)c4occc4n3)ccc12.Cc1nn(C(=O)OC(C)(C)C)c2cc(Nc3nc(N4CC[C@H]5CCC(=O)O[C@@H]5C4)c4occc4n3)ccc12. The number of esters is 1. The van der Waals surface area contributed by atoms with Crippen LogP contribution in [0.1, 0.15) is 57.8 Å². The van der Waals surface area contributed by atoms with Crippen molar-refractivity contribution in [1.82, 2.24) is 39.9 Å². The molecule has 0 radical (unpaired) electrons. The van der Waals surface area contributed by atoms with E-state index in [1.807, 2.05) is 82.0 Å². The highest BCUT2D eigenvalue weighted by Gasteiger charge is 2.37. The van der Waals surface area contributed by atoms with Gasteiger partial charge in [0.05, 0.1) is 41.9 Å². The molecule has 3 saturated heterocycles. The second-order valence-electron chi connectivity index (χ2n) is 18.4. The summed E-state index contributed by atoms with van der Waals surface area (Å²) in [6.07, 6.45) is 5.09. The Morgan fingerprint density at radius 2 is 1.49 bits per heavy atom. The van der Waals surface area contributed by atoms with Gasteiger partial charge < -0.3 is 49.6 Å². The minimum Gasteiger partial charge on any atom is -0.460 e. The molecule has 6 aromatic heterocycles. The normalized spacial score (nSPS) is 19.9.